The fraction of sp³-hybridized carbons (Fsp3) is 0.300. The van der Waals surface area contributed by atoms with E-state index in [1.54, 1.807) is 43.3 Å². The molecule has 1 N–H and O–H groups in total. The Hall–Kier alpha value is -2.87. The fourth-order valence-electron chi connectivity index (χ4n) is 2.79. The molecular weight excluding hydrogens is 380 g/mol. The molecule has 150 valence electrons. The number of anilines is 2. The molecule has 1 atom stereocenters. The van der Waals surface area contributed by atoms with E-state index in [-0.39, 0.29) is 6.42 Å². The minimum Gasteiger partial charge on any atom is -0.465 e. The van der Waals surface area contributed by atoms with Gasteiger partial charge in [-0.3, -0.25) is 9.10 Å². The van der Waals surface area contributed by atoms with Crippen LogP contribution >= 0.6 is 0 Å². The molecule has 0 aliphatic rings. The maximum atomic E-state index is 12.8. The van der Waals surface area contributed by atoms with Gasteiger partial charge in [0.05, 0.1) is 24.6 Å². The summed E-state index contributed by atoms with van der Waals surface area (Å²) in [4.78, 5) is 24.3. The van der Waals surface area contributed by atoms with Crippen molar-refractivity contribution in [2.24, 2.45) is 0 Å². The van der Waals surface area contributed by atoms with Gasteiger partial charge in [0.25, 0.3) is 0 Å². The predicted molar refractivity (Wildman–Crippen MR) is 109 cm³/mol. The number of nitrogens with one attached hydrogen (secondary N) is 1. The van der Waals surface area contributed by atoms with Crippen LogP contribution < -0.4 is 9.62 Å². The number of carbonyl (C=O) groups excluding carboxylic acids is 2. The van der Waals surface area contributed by atoms with Crippen molar-refractivity contribution in [3.8, 4) is 0 Å². The van der Waals surface area contributed by atoms with Crippen molar-refractivity contribution in [3.63, 3.8) is 0 Å². The first-order chi connectivity index (χ1) is 13.2. The summed E-state index contributed by atoms with van der Waals surface area (Å²) in [5, 5.41) is 2.71. The Morgan fingerprint density at radius 2 is 1.64 bits per heavy atom. The van der Waals surface area contributed by atoms with Crippen molar-refractivity contribution in [2.75, 3.05) is 23.0 Å². The zero-order valence-electron chi connectivity index (χ0n) is 16.3. The number of hydrogen-bond acceptors (Lipinski definition) is 5. The van der Waals surface area contributed by atoms with E-state index < -0.39 is 27.9 Å². The minimum absolute atomic E-state index is 0.285. The van der Waals surface area contributed by atoms with Crippen molar-refractivity contribution in [1.82, 2.24) is 0 Å². The van der Waals surface area contributed by atoms with Gasteiger partial charge in [-0.25, -0.2) is 13.2 Å². The van der Waals surface area contributed by atoms with Crippen molar-refractivity contribution in [3.05, 3.63) is 59.7 Å². The first-order valence-corrected chi connectivity index (χ1v) is 10.6. The van der Waals surface area contributed by atoms with Crippen LogP contribution in [-0.4, -0.2) is 39.7 Å². The number of amides is 1. The molecule has 0 bridgehead atoms. The Morgan fingerprint density at radius 1 is 1.07 bits per heavy atom. The van der Waals surface area contributed by atoms with Crippen molar-refractivity contribution in [1.29, 1.82) is 0 Å². The summed E-state index contributed by atoms with van der Waals surface area (Å²) in [6.45, 7) is 3.65. The highest BCUT2D eigenvalue weighted by molar-refractivity contribution is 7.92. The summed E-state index contributed by atoms with van der Waals surface area (Å²) in [5.41, 5.74) is 2.22. The largest absolute Gasteiger partial charge is 0.465 e. The highest BCUT2D eigenvalue weighted by atomic mass is 32.2. The number of carbonyl (C=O) groups is 2. The Balaban J connectivity index is 2.29. The van der Waals surface area contributed by atoms with Crippen molar-refractivity contribution in [2.45, 2.75) is 26.3 Å². The van der Waals surface area contributed by atoms with Gasteiger partial charge in [0.2, 0.25) is 15.9 Å². The lowest BCUT2D eigenvalue weighted by Gasteiger charge is -2.30. The van der Waals surface area contributed by atoms with Gasteiger partial charge in [-0.2, -0.15) is 0 Å². The molecule has 0 fully saturated rings. The van der Waals surface area contributed by atoms with Gasteiger partial charge in [-0.1, -0.05) is 24.6 Å². The standard InChI is InChI=1S/C20H24N2O5S/c1-5-18(22(28(4,25)26)17-12-6-14(2)7-13-17)19(23)21-16-10-8-15(9-11-16)20(24)27-3/h6-13,18H,5H2,1-4H3,(H,21,23). The summed E-state index contributed by atoms with van der Waals surface area (Å²) in [5.74, 6) is -0.939. The molecule has 2 aromatic carbocycles. The lowest BCUT2D eigenvalue weighted by Crippen LogP contribution is -2.47. The predicted octanol–water partition coefficient (Wildman–Crippen LogP) is 2.96. The molecule has 8 heteroatoms. The molecule has 0 heterocycles. The molecule has 0 aliphatic heterocycles. The van der Waals surface area contributed by atoms with E-state index in [0.717, 1.165) is 16.1 Å². The highest BCUT2D eigenvalue weighted by Gasteiger charge is 2.31. The molecule has 1 amide bonds. The van der Waals surface area contributed by atoms with E-state index in [2.05, 4.69) is 10.1 Å². The Morgan fingerprint density at radius 3 is 2.11 bits per heavy atom. The first-order valence-electron chi connectivity index (χ1n) is 8.72. The first kappa shape index (κ1) is 21.4. The summed E-state index contributed by atoms with van der Waals surface area (Å²) in [6, 6.07) is 12.2. The topological polar surface area (TPSA) is 92.8 Å². The molecule has 1 unspecified atom stereocenters. The third-order valence-electron chi connectivity index (χ3n) is 4.19. The van der Waals surface area contributed by atoms with Crippen molar-refractivity contribution >= 4 is 33.3 Å². The second-order valence-corrected chi connectivity index (χ2v) is 8.24. The summed E-state index contributed by atoms with van der Waals surface area (Å²) >= 11 is 0. The number of hydrogen-bond donors (Lipinski definition) is 1. The van der Waals surface area contributed by atoms with Crippen LogP contribution in [0, 0.1) is 6.92 Å². The lowest BCUT2D eigenvalue weighted by molar-refractivity contribution is -0.117. The molecule has 28 heavy (non-hydrogen) atoms. The van der Waals surface area contributed by atoms with E-state index in [1.807, 2.05) is 6.92 Å². The van der Waals surface area contributed by atoms with E-state index >= 15 is 0 Å². The summed E-state index contributed by atoms with van der Waals surface area (Å²) < 4.78 is 30.6. The number of nitrogens with zero attached hydrogens (tertiary/aromatic N) is 1. The Kier molecular flexibility index (Phi) is 6.80. The molecule has 2 aromatic rings. The monoisotopic (exact) mass is 404 g/mol. The van der Waals surface area contributed by atoms with Crippen LogP contribution in [-0.2, 0) is 19.6 Å². The van der Waals surface area contributed by atoms with Crippen LogP contribution in [0.2, 0.25) is 0 Å². The maximum absolute atomic E-state index is 12.8. The second kappa shape index (κ2) is 8.88. The van der Waals surface area contributed by atoms with Crippen molar-refractivity contribution < 1.29 is 22.7 Å². The van der Waals surface area contributed by atoms with Crippen LogP contribution in [0.1, 0.15) is 29.3 Å². The zero-order valence-corrected chi connectivity index (χ0v) is 17.1. The number of rotatable bonds is 7. The highest BCUT2D eigenvalue weighted by Crippen LogP contribution is 2.24. The molecule has 0 radical (unpaired) electrons. The number of benzene rings is 2. The van der Waals surface area contributed by atoms with Gasteiger partial charge in [-0.05, 0) is 49.7 Å². The second-order valence-electron chi connectivity index (χ2n) is 6.38. The number of methoxy groups -OCH3 is 1. The number of ether oxygens (including phenoxy) is 1. The van der Waals surface area contributed by atoms with Gasteiger partial charge in [-0.15, -0.1) is 0 Å². The number of esters is 1. The summed E-state index contributed by atoms with van der Waals surface area (Å²) in [7, 11) is -2.40. The lowest BCUT2D eigenvalue weighted by atomic mass is 10.1. The van der Waals surface area contributed by atoms with E-state index in [1.165, 1.54) is 19.2 Å². The zero-order chi connectivity index (χ0) is 20.9. The van der Waals surface area contributed by atoms with Gasteiger partial charge < -0.3 is 10.1 Å². The van der Waals surface area contributed by atoms with Gasteiger partial charge in [0.1, 0.15) is 6.04 Å². The fourth-order valence-corrected chi connectivity index (χ4v) is 4.00. The van der Waals surface area contributed by atoms with E-state index in [4.69, 9.17) is 0 Å². The van der Waals surface area contributed by atoms with Crippen LogP contribution in [0.4, 0.5) is 11.4 Å². The molecule has 0 saturated heterocycles. The summed E-state index contributed by atoms with van der Waals surface area (Å²) in [6.07, 6.45) is 1.36. The average molecular weight is 404 g/mol. The van der Waals surface area contributed by atoms with E-state index in [9.17, 15) is 18.0 Å². The molecular formula is C20H24N2O5S. The molecule has 0 saturated carbocycles. The molecule has 2 rings (SSSR count). The minimum atomic E-state index is -3.69. The Bertz CT molecular complexity index is 938. The SMILES string of the molecule is CCC(C(=O)Nc1ccc(C(=O)OC)cc1)N(c1ccc(C)cc1)S(C)(=O)=O. The third-order valence-corrected chi connectivity index (χ3v) is 5.37. The van der Waals surface area contributed by atoms with Gasteiger partial charge >= 0.3 is 5.97 Å². The number of sulfonamides is 1. The molecule has 0 aliphatic carbocycles. The quantitative estimate of drug-likeness (QED) is 0.716. The van der Waals surface area contributed by atoms with Gasteiger partial charge in [0.15, 0.2) is 0 Å². The van der Waals surface area contributed by atoms with Crippen LogP contribution in [0.25, 0.3) is 0 Å². The molecule has 0 aromatic heterocycles. The smallest absolute Gasteiger partial charge is 0.337 e. The molecule has 7 nitrogen and oxygen atoms in total. The van der Waals surface area contributed by atoms with Crippen LogP contribution in [0.5, 0.6) is 0 Å². The average Bonchev–Trinajstić information content (AvgIpc) is 2.66. The van der Waals surface area contributed by atoms with Crippen LogP contribution in [0.15, 0.2) is 48.5 Å². The van der Waals surface area contributed by atoms with Gasteiger partial charge in [0, 0.05) is 5.69 Å². The van der Waals surface area contributed by atoms with E-state index in [0.29, 0.717) is 16.9 Å². The van der Waals surface area contributed by atoms with Crippen LogP contribution in [0.3, 0.4) is 0 Å². The normalized spacial score (nSPS) is 12.1. The Labute approximate surface area is 165 Å². The molecule has 0 spiro atoms. The maximum Gasteiger partial charge on any atom is 0.337 e. The number of aryl methyl sites for hydroxylation is 1. The third kappa shape index (κ3) is 5.10.